The van der Waals surface area contributed by atoms with Gasteiger partial charge in [-0.1, -0.05) is 68.0 Å². The Bertz CT molecular complexity index is 1040. The maximum Gasteiger partial charge on any atom is 0.269 e. The van der Waals surface area contributed by atoms with Gasteiger partial charge in [0.2, 0.25) is 5.91 Å². The van der Waals surface area contributed by atoms with Gasteiger partial charge in [-0.05, 0) is 48.0 Å². The lowest BCUT2D eigenvalue weighted by Crippen LogP contribution is -2.43. The number of hydrazine groups is 1. The van der Waals surface area contributed by atoms with Crippen LogP contribution in [0.4, 0.5) is 0 Å². The Morgan fingerprint density at radius 2 is 1.80 bits per heavy atom. The van der Waals surface area contributed by atoms with Gasteiger partial charge in [-0.25, -0.2) is 0 Å². The van der Waals surface area contributed by atoms with E-state index in [1.807, 2.05) is 24.3 Å². The van der Waals surface area contributed by atoms with Crippen molar-refractivity contribution in [3.8, 4) is 0 Å². The summed E-state index contributed by atoms with van der Waals surface area (Å²) in [6, 6.07) is 14.3. The minimum absolute atomic E-state index is 0.00275. The van der Waals surface area contributed by atoms with Crippen molar-refractivity contribution in [2.45, 2.75) is 6.42 Å². The van der Waals surface area contributed by atoms with Gasteiger partial charge in [0.15, 0.2) is 0 Å². The summed E-state index contributed by atoms with van der Waals surface area (Å²) in [6.07, 6.45) is 1.76. The predicted octanol–water partition coefficient (Wildman–Crippen LogP) is 4.26. The van der Waals surface area contributed by atoms with Gasteiger partial charge < -0.3 is 0 Å². The SMILES string of the molecule is O=C(CCN1C(=O)C(=Cc2cccc(Br)c2)SC1=S)NNC(=O)c1ccc(Br)cc1. The zero-order valence-electron chi connectivity index (χ0n) is 15.4. The third kappa shape index (κ3) is 6.00. The number of carbonyl (C=O) groups is 3. The summed E-state index contributed by atoms with van der Waals surface area (Å²) in [5, 5.41) is 0. The van der Waals surface area contributed by atoms with Crippen LogP contribution < -0.4 is 10.9 Å². The van der Waals surface area contributed by atoms with Gasteiger partial charge in [-0.3, -0.25) is 30.1 Å². The molecule has 0 unspecified atom stereocenters. The molecular formula is C20H15Br2N3O3S2. The zero-order valence-corrected chi connectivity index (χ0v) is 20.2. The minimum atomic E-state index is -0.432. The molecule has 0 radical (unpaired) electrons. The Morgan fingerprint density at radius 1 is 1.07 bits per heavy atom. The highest BCUT2D eigenvalue weighted by Gasteiger charge is 2.32. The van der Waals surface area contributed by atoms with E-state index in [1.54, 1.807) is 30.3 Å². The Labute approximate surface area is 199 Å². The molecule has 0 atom stereocenters. The predicted molar refractivity (Wildman–Crippen MR) is 128 cm³/mol. The van der Waals surface area contributed by atoms with Gasteiger partial charge in [0.25, 0.3) is 11.8 Å². The Hall–Kier alpha value is -2.01. The molecule has 6 nitrogen and oxygen atoms in total. The van der Waals surface area contributed by atoms with Crippen molar-refractivity contribution in [1.29, 1.82) is 0 Å². The largest absolute Gasteiger partial charge is 0.292 e. The fourth-order valence-electron chi connectivity index (χ4n) is 2.52. The quantitative estimate of drug-likeness (QED) is 0.320. The van der Waals surface area contributed by atoms with Crippen LogP contribution in [0.5, 0.6) is 0 Å². The second-order valence-electron chi connectivity index (χ2n) is 6.15. The number of hydrogen-bond acceptors (Lipinski definition) is 5. The first-order valence-corrected chi connectivity index (χ1v) is 11.5. The standard InChI is InChI=1S/C20H15Br2N3O3S2/c21-14-6-4-13(5-7-14)18(27)24-23-17(26)8-9-25-19(28)16(30-20(25)29)11-12-2-1-3-15(22)10-12/h1-7,10-11H,8-9H2,(H,23,26)(H,24,27). The molecule has 1 heterocycles. The van der Waals surface area contributed by atoms with Crippen molar-refractivity contribution in [2.24, 2.45) is 0 Å². The second kappa shape index (κ2) is 10.3. The number of carbonyl (C=O) groups excluding carboxylic acids is 3. The van der Waals surface area contributed by atoms with E-state index in [1.165, 1.54) is 16.7 Å². The molecule has 1 aliphatic heterocycles. The van der Waals surface area contributed by atoms with Crippen molar-refractivity contribution in [1.82, 2.24) is 15.8 Å². The second-order valence-corrected chi connectivity index (χ2v) is 9.65. The zero-order chi connectivity index (χ0) is 21.7. The maximum absolute atomic E-state index is 12.6. The van der Waals surface area contributed by atoms with Gasteiger partial charge in [-0.15, -0.1) is 0 Å². The van der Waals surface area contributed by atoms with E-state index in [4.69, 9.17) is 12.2 Å². The minimum Gasteiger partial charge on any atom is -0.292 e. The number of rotatable bonds is 5. The molecule has 3 rings (SSSR count). The fourth-order valence-corrected chi connectivity index (χ4v) is 4.51. The molecule has 154 valence electrons. The molecule has 3 amide bonds. The monoisotopic (exact) mass is 567 g/mol. The summed E-state index contributed by atoms with van der Waals surface area (Å²) in [5.41, 5.74) is 5.98. The maximum atomic E-state index is 12.6. The van der Waals surface area contributed by atoms with E-state index in [9.17, 15) is 14.4 Å². The van der Waals surface area contributed by atoms with Crippen LogP contribution in [-0.2, 0) is 9.59 Å². The van der Waals surface area contributed by atoms with Crippen molar-refractivity contribution in [2.75, 3.05) is 6.54 Å². The fraction of sp³-hybridized carbons (Fsp3) is 0.100. The average molecular weight is 569 g/mol. The van der Waals surface area contributed by atoms with Crippen LogP contribution in [-0.4, -0.2) is 33.5 Å². The lowest BCUT2D eigenvalue weighted by molar-refractivity contribution is -0.124. The molecule has 2 N–H and O–H groups in total. The van der Waals surface area contributed by atoms with Crippen LogP contribution in [0.3, 0.4) is 0 Å². The normalized spacial score (nSPS) is 14.9. The lowest BCUT2D eigenvalue weighted by atomic mass is 10.2. The van der Waals surface area contributed by atoms with Crippen LogP contribution >= 0.6 is 55.8 Å². The van der Waals surface area contributed by atoms with Crippen molar-refractivity contribution in [3.63, 3.8) is 0 Å². The summed E-state index contributed by atoms with van der Waals surface area (Å²) < 4.78 is 2.15. The van der Waals surface area contributed by atoms with Crippen molar-refractivity contribution >= 4 is 84.0 Å². The summed E-state index contributed by atoms with van der Waals surface area (Å²) in [6.45, 7) is 0.125. The molecule has 0 aromatic heterocycles. The van der Waals surface area contributed by atoms with Gasteiger partial charge >= 0.3 is 0 Å². The summed E-state index contributed by atoms with van der Waals surface area (Å²) in [5.74, 6) is -1.10. The Morgan fingerprint density at radius 3 is 2.50 bits per heavy atom. The molecular weight excluding hydrogens is 554 g/mol. The molecule has 0 aliphatic carbocycles. The van der Waals surface area contributed by atoms with Crippen LogP contribution in [0, 0.1) is 0 Å². The van der Waals surface area contributed by atoms with E-state index < -0.39 is 11.8 Å². The smallest absolute Gasteiger partial charge is 0.269 e. The van der Waals surface area contributed by atoms with Gasteiger partial charge in [0.1, 0.15) is 4.32 Å². The van der Waals surface area contributed by atoms with Crippen LogP contribution in [0.2, 0.25) is 0 Å². The molecule has 1 aliphatic rings. The van der Waals surface area contributed by atoms with E-state index in [-0.39, 0.29) is 18.9 Å². The van der Waals surface area contributed by atoms with Crippen molar-refractivity contribution in [3.05, 3.63) is 73.5 Å². The van der Waals surface area contributed by atoms with Gasteiger partial charge in [0.05, 0.1) is 4.91 Å². The summed E-state index contributed by atoms with van der Waals surface area (Å²) in [7, 11) is 0. The van der Waals surface area contributed by atoms with E-state index >= 15 is 0 Å². The lowest BCUT2D eigenvalue weighted by Gasteiger charge is -2.14. The molecule has 30 heavy (non-hydrogen) atoms. The first-order valence-electron chi connectivity index (χ1n) is 8.69. The number of thiocarbonyl (C=S) groups is 1. The summed E-state index contributed by atoms with van der Waals surface area (Å²) >= 11 is 13.2. The Kier molecular flexibility index (Phi) is 7.81. The number of amides is 3. The molecule has 1 fully saturated rings. The third-order valence-corrected chi connectivity index (χ3v) is 6.40. The highest BCUT2D eigenvalue weighted by Crippen LogP contribution is 2.32. The number of nitrogens with one attached hydrogen (secondary N) is 2. The van der Waals surface area contributed by atoms with Crippen LogP contribution in [0.15, 0.2) is 62.4 Å². The molecule has 0 bridgehead atoms. The van der Waals surface area contributed by atoms with Crippen LogP contribution in [0.1, 0.15) is 22.3 Å². The summed E-state index contributed by atoms with van der Waals surface area (Å²) in [4.78, 5) is 38.6. The molecule has 2 aromatic rings. The van der Waals surface area contributed by atoms with Crippen molar-refractivity contribution < 1.29 is 14.4 Å². The molecule has 0 spiro atoms. The van der Waals surface area contributed by atoms with Gasteiger partial charge in [0, 0.05) is 27.5 Å². The number of nitrogens with zero attached hydrogens (tertiary/aromatic N) is 1. The number of halogens is 2. The molecule has 1 saturated heterocycles. The number of thioether (sulfide) groups is 1. The van der Waals surface area contributed by atoms with E-state index in [2.05, 4.69) is 42.7 Å². The highest BCUT2D eigenvalue weighted by molar-refractivity contribution is 9.10. The Balaban J connectivity index is 1.52. The average Bonchev–Trinajstić information content (AvgIpc) is 2.97. The van der Waals surface area contributed by atoms with Gasteiger partial charge in [-0.2, -0.15) is 0 Å². The van der Waals surface area contributed by atoms with E-state index in [0.717, 1.165) is 14.5 Å². The van der Waals surface area contributed by atoms with E-state index in [0.29, 0.717) is 14.8 Å². The topological polar surface area (TPSA) is 78.5 Å². The highest BCUT2D eigenvalue weighted by atomic mass is 79.9. The molecule has 2 aromatic carbocycles. The molecule has 0 saturated carbocycles. The number of benzene rings is 2. The number of hydrogen-bond donors (Lipinski definition) is 2. The third-order valence-electron chi connectivity index (χ3n) is 4.00. The first kappa shape index (κ1) is 22.7. The molecule has 10 heteroatoms. The first-order chi connectivity index (χ1) is 14.3. The van der Waals surface area contributed by atoms with Crippen LogP contribution in [0.25, 0.3) is 6.08 Å².